The Morgan fingerprint density at radius 2 is 2.05 bits per heavy atom. The first-order valence-electron chi connectivity index (χ1n) is 6.90. The molecule has 2 N–H and O–H groups in total. The molecule has 20 heavy (non-hydrogen) atoms. The average Bonchev–Trinajstić information content (AvgIpc) is 2.68. The number of amides is 1. The lowest BCUT2D eigenvalue weighted by Crippen LogP contribution is -2.39. The van der Waals surface area contributed by atoms with Gasteiger partial charge in [0.25, 0.3) is 0 Å². The van der Waals surface area contributed by atoms with E-state index < -0.39 is 23.1 Å². The van der Waals surface area contributed by atoms with Crippen LogP contribution in [0.25, 0.3) is 0 Å². The fourth-order valence-corrected chi connectivity index (χ4v) is 2.55. The van der Waals surface area contributed by atoms with E-state index in [0.717, 1.165) is 0 Å². The van der Waals surface area contributed by atoms with Crippen LogP contribution in [-0.2, 0) is 14.3 Å². The molecule has 1 aliphatic rings. The van der Waals surface area contributed by atoms with Crippen molar-refractivity contribution in [3.05, 3.63) is 0 Å². The van der Waals surface area contributed by atoms with Crippen molar-refractivity contribution in [3.63, 3.8) is 0 Å². The highest BCUT2D eigenvalue weighted by Crippen LogP contribution is 2.41. The predicted molar refractivity (Wildman–Crippen MR) is 73.6 cm³/mol. The number of carbonyl (C=O) groups excluding carboxylic acids is 1. The number of ether oxygens (including phenoxy) is 2. The van der Waals surface area contributed by atoms with Gasteiger partial charge in [0.2, 0.25) is 0 Å². The lowest BCUT2D eigenvalue weighted by atomic mass is 9.83. The molecule has 1 saturated carbocycles. The summed E-state index contributed by atoms with van der Waals surface area (Å²) >= 11 is 0. The highest BCUT2D eigenvalue weighted by molar-refractivity contribution is 5.75. The number of methoxy groups -OCH3 is 1. The van der Waals surface area contributed by atoms with Crippen molar-refractivity contribution < 1.29 is 24.2 Å². The molecule has 1 fully saturated rings. The average molecular weight is 287 g/mol. The Balaban J connectivity index is 2.56. The summed E-state index contributed by atoms with van der Waals surface area (Å²) in [4.78, 5) is 23.2. The van der Waals surface area contributed by atoms with Gasteiger partial charge in [-0.2, -0.15) is 0 Å². The molecule has 0 saturated heterocycles. The van der Waals surface area contributed by atoms with E-state index in [1.165, 1.54) is 0 Å². The second kappa shape index (κ2) is 6.43. The number of carbonyl (C=O) groups is 2. The van der Waals surface area contributed by atoms with E-state index in [1.807, 2.05) is 0 Å². The van der Waals surface area contributed by atoms with Gasteiger partial charge in [-0.25, -0.2) is 4.79 Å². The Morgan fingerprint density at radius 3 is 2.55 bits per heavy atom. The van der Waals surface area contributed by atoms with Gasteiger partial charge < -0.3 is 19.9 Å². The van der Waals surface area contributed by atoms with Crippen molar-refractivity contribution in [1.29, 1.82) is 0 Å². The Hall–Kier alpha value is -1.30. The van der Waals surface area contributed by atoms with Gasteiger partial charge >= 0.3 is 12.1 Å². The second-order valence-electron chi connectivity index (χ2n) is 6.41. The molecule has 0 radical (unpaired) electrons. The number of nitrogens with one attached hydrogen (secondary N) is 1. The van der Waals surface area contributed by atoms with E-state index >= 15 is 0 Å². The maximum atomic E-state index is 11.7. The number of aliphatic carboxylic acids is 1. The van der Waals surface area contributed by atoms with Gasteiger partial charge in [0, 0.05) is 19.8 Å². The highest BCUT2D eigenvalue weighted by atomic mass is 16.6. The Morgan fingerprint density at radius 1 is 1.40 bits per heavy atom. The van der Waals surface area contributed by atoms with Crippen molar-refractivity contribution in [2.24, 2.45) is 5.41 Å². The first-order chi connectivity index (χ1) is 9.18. The third-order valence-electron chi connectivity index (χ3n) is 3.57. The molecule has 1 rings (SSSR count). The van der Waals surface area contributed by atoms with Crippen molar-refractivity contribution in [1.82, 2.24) is 5.32 Å². The molecule has 0 aromatic rings. The summed E-state index contributed by atoms with van der Waals surface area (Å²) in [6.45, 7) is 5.79. The zero-order chi connectivity index (χ0) is 15.4. The molecule has 0 unspecified atom stereocenters. The molecular formula is C14H25NO5. The van der Waals surface area contributed by atoms with E-state index in [4.69, 9.17) is 9.47 Å². The van der Waals surface area contributed by atoms with Crippen LogP contribution in [0.15, 0.2) is 0 Å². The number of rotatable bonds is 5. The Labute approximate surface area is 119 Å². The third-order valence-corrected chi connectivity index (χ3v) is 3.57. The quantitative estimate of drug-likeness (QED) is 0.809. The fraction of sp³-hybridized carbons (Fsp3) is 0.857. The largest absolute Gasteiger partial charge is 0.481 e. The SMILES string of the molecule is COCC[C@]1(C(=O)O)CC[C@H](NC(=O)OC(C)(C)C)C1. The molecule has 1 amide bonds. The van der Waals surface area contributed by atoms with Gasteiger partial charge in [-0.05, 0) is 46.5 Å². The number of hydrogen-bond acceptors (Lipinski definition) is 4. The zero-order valence-electron chi connectivity index (χ0n) is 12.7. The molecule has 0 spiro atoms. The van der Waals surface area contributed by atoms with Crippen molar-refractivity contribution >= 4 is 12.1 Å². The normalized spacial score (nSPS) is 26.3. The zero-order valence-corrected chi connectivity index (χ0v) is 12.7. The minimum Gasteiger partial charge on any atom is -0.481 e. The summed E-state index contributed by atoms with van der Waals surface area (Å²) in [5.74, 6) is -0.817. The van der Waals surface area contributed by atoms with Gasteiger partial charge in [-0.3, -0.25) is 4.79 Å². The summed E-state index contributed by atoms with van der Waals surface area (Å²) in [6.07, 6.45) is 1.59. The first-order valence-corrected chi connectivity index (χ1v) is 6.90. The lowest BCUT2D eigenvalue weighted by Gasteiger charge is -2.25. The molecule has 116 valence electrons. The number of alkyl carbamates (subject to hydrolysis) is 1. The monoisotopic (exact) mass is 287 g/mol. The molecule has 6 heteroatoms. The van der Waals surface area contributed by atoms with E-state index in [-0.39, 0.29) is 6.04 Å². The van der Waals surface area contributed by atoms with E-state index in [9.17, 15) is 14.7 Å². The highest BCUT2D eigenvalue weighted by Gasteiger charge is 2.45. The van der Waals surface area contributed by atoms with Crippen LogP contribution in [0, 0.1) is 5.41 Å². The maximum absolute atomic E-state index is 11.7. The van der Waals surface area contributed by atoms with Crippen LogP contribution in [-0.4, -0.2) is 42.5 Å². The van der Waals surface area contributed by atoms with Crippen LogP contribution in [0.3, 0.4) is 0 Å². The third kappa shape index (κ3) is 4.67. The van der Waals surface area contributed by atoms with Crippen LogP contribution in [0.5, 0.6) is 0 Å². The van der Waals surface area contributed by atoms with Crippen LogP contribution in [0.1, 0.15) is 46.5 Å². The first kappa shape index (κ1) is 16.8. The van der Waals surface area contributed by atoms with Crippen LogP contribution >= 0.6 is 0 Å². The molecule has 6 nitrogen and oxygen atoms in total. The Bertz CT molecular complexity index is 363. The number of carboxylic acids is 1. The molecular weight excluding hydrogens is 262 g/mol. The maximum Gasteiger partial charge on any atom is 0.407 e. The minimum atomic E-state index is -0.817. The second-order valence-corrected chi connectivity index (χ2v) is 6.41. The van der Waals surface area contributed by atoms with Gasteiger partial charge in [0.05, 0.1) is 5.41 Å². The van der Waals surface area contributed by atoms with Crippen LogP contribution in [0.4, 0.5) is 4.79 Å². The standard InChI is InChI=1S/C14H25NO5/c1-13(2,3)20-12(18)15-10-5-6-14(9-10,11(16)17)7-8-19-4/h10H,5-9H2,1-4H3,(H,15,18)(H,16,17)/t10-,14+/m0/s1. The summed E-state index contributed by atoms with van der Waals surface area (Å²) in [5.41, 5.74) is -1.35. The molecule has 0 aromatic carbocycles. The van der Waals surface area contributed by atoms with Gasteiger partial charge in [-0.15, -0.1) is 0 Å². The minimum absolute atomic E-state index is 0.155. The predicted octanol–water partition coefficient (Wildman–Crippen LogP) is 2.17. The van der Waals surface area contributed by atoms with E-state index in [0.29, 0.717) is 32.3 Å². The lowest BCUT2D eigenvalue weighted by molar-refractivity contribution is -0.149. The molecule has 0 heterocycles. The topological polar surface area (TPSA) is 84.9 Å². The number of carboxylic acid groups (broad SMARTS) is 1. The van der Waals surface area contributed by atoms with Gasteiger partial charge in [-0.1, -0.05) is 0 Å². The molecule has 0 aromatic heterocycles. The molecule has 1 aliphatic carbocycles. The smallest absolute Gasteiger partial charge is 0.407 e. The summed E-state index contributed by atoms with van der Waals surface area (Å²) in [6, 6.07) is -0.155. The van der Waals surface area contributed by atoms with Crippen molar-refractivity contribution in [3.8, 4) is 0 Å². The van der Waals surface area contributed by atoms with Crippen LogP contribution in [0.2, 0.25) is 0 Å². The molecule has 0 bridgehead atoms. The molecule has 0 aliphatic heterocycles. The van der Waals surface area contributed by atoms with Crippen molar-refractivity contribution in [2.75, 3.05) is 13.7 Å². The fourth-order valence-electron chi connectivity index (χ4n) is 2.55. The van der Waals surface area contributed by atoms with Gasteiger partial charge in [0.15, 0.2) is 0 Å². The van der Waals surface area contributed by atoms with E-state index in [2.05, 4.69) is 5.32 Å². The number of hydrogen-bond donors (Lipinski definition) is 2. The van der Waals surface area contributed by atoms with Gasteiger partial charge in [0.1, 0.15) is 5.60 Å². The van der Waals surface area contributed by atoms with E-state index in [1.54, 1.807) is 27.9 Å². The summed E-state index contributed by atoms with van der Waals surface area (Å²) in [5, 5.41) is 12.2. The van der Waals surface area contributed by atoms with Crippen molar-refractivity contribution in [2.45, 2.75) is 58.1 Å². The Kier molecular flexibility index (Phi) is 5.39. The van der Waals surface area contributed by atoms with Crippen LogP contribution < -0.4 is 5.32 Å². The summed E-state index contributed by atoms with van der Waals surface area (Å²) in [7, 11) is 1.56. The summed E-state index contributed by atoms with van der Waals surface area (Å²) < 4.78 is 10.2. The molecule has 2 atom stereocenters.